The summed E-state index contributed by atoms with van der Waals surface area (Å²) in [6, 6.07) is 0.597. The molecule has 0 bridgehead atoms. The Morgan fingerprint density at radius 2 is 2.28 bits per heavy atom. The van der Waals surface area contributed by atoms with Crippen LogP contribution < -0.4 is 5.32 Å². The van der Waals surface area contributed by atoms with Crippen molar-refractivity contribution in [2.45, 2.75) is 57.0 Å². The van der Waals surface area contributed by atoms with Crippen molar-refractivity contribution in [3.63, 3.8) is 0 Å². The highest BCUT2D eigenvalue weighted by molar-refractivity contribution is 5.14. The fourth-order valence-corrected chi connectivity index (χ4v) is 3.32. The standard InChI is InChI=1S/C14H23N3O/c18-10-11-4-3-7-17-13(11)9-16-14(17)8-12-5-1-2-6-15-12/h9,11-12,15,18H,1-8,10H2. The molecule has 1 aromatic heterocycles. The topological polar surface area (TPSA) is 50.1 Å². The number of piperidine rings is 1. The summed E-state index contributed by atoms with van der Waals surface area (Å²) in [6.45, 7) is 2.48. The molecule has 4 heteroatoms. The lowest BCUT2D eigenvalue weighted by Gasteiger charge is -2.26. The molecule has 0 amide bonds. The monoisotopic (exact) mass is 249 g/mol. The number of aromatic nitrogens is 2. The largest absolute Gasteiger partial charge is 0.396 e. The van der Waals surface area contributed by atoms with Gasteiger partial charge in [-0.3, -0.25) is 0 Å². The van der Waals surface area contributed by atoms with Crippen molar-refractivity contribution in [1.82, 2.24) is 14.9 Å². The Hall–Kier alpha value is -0.870. The van der Waals surface area contributed by atoms with Crippen LogP contribution in [0.5, 0.6) is 0 Å². The fourth-order valence-electron chi connectivity index (χ4n) is 3.32. The predicted molar refractivity (Wildman–Crippen MR) is 70.6 cm³/mol. The molecule has 0 radical (unpaired) electrons. The van der Waals surface area contributed by atoms with E-state index in [4.69, 9.17) is 0 Å². The molecule has 100 valence electrons. The first kappa shape index (κ1) is 12.2. The van der Waals surface area contributed by atoms with Gasteiger partial charge < -0.3 is 15.0 Å². The first-order chi connectivity index (χ1) is 8.88. The number of imidazole rings is 1. The second-order valence-electron chi connectivity index (χ2n) is 5.62. The Morgan fingerprint density at radius 3 is 3.06 bits per heavy atom. The summed E-state index contributed by atoms with van der Waals surface area (Å²) in [5.41, 5.74) is 1.24. The Balaban J connectivity index is 1.74. The number of nitrogens with one attached hydrogen (secondary N) is 1. The normalized spacial score (nSPS) is 28.1. The van der Waals surface area contributed by atoms with Crippen molar-refractivity contribution in [1.29, 1.82) is 0 Å². The average molecular weight is 249 g/mol. The zero-order valence-electron chi connectivity index (χ0n) is 10.9. The van der Waals surface area contributed by atoms with Crippen LogP contribution in [0.15, 0.2) is 6.20 Å². The molecule has 0 saturated carbocycles. The Morgan fingerprint density at radius 1 is 1.33 bits per heavy atom. The van der Waals surface area contributed by atoms with Gasteiger partial charge in [-0.25, -0.2) is 4.98 Å². The first-order valence-corrected chi connectivity index (χ1v) is 7.27. The molecule has 1 aromatic rings. The van der Waals surface area contributed by atoms with Crippen molar-refractivity contribution in [2.24, 2.45) is 0 Å². The van der Waals surface area contributed by atoms with Gasteiger partial charge in [-0.1, -0.05) is 6.42 Å². The van der Waals surface area contributed by atoms with Crippen LogP contribution in [-0.4, -0.2) is 33.9 Å². The van der Waals surface area contributed by atoms with Gasteiger partial charge in [0.15, 0.2) is 0 Å². The van der Waals surface area contributed by atoms with Gasteiger partial charge in [0.05, 0.1) is 6.61 Å². The van der Waals surface area contributed by atoms with Crippen LogP contribution in [0.4, 0.5) is 0 Å². The van der Waals surface area contributed by atoms with E-state index in [0.717, 1.165) is 25.9 Å². The number of fused-ring (bicyclic) bond motifs is 1. The molecule has 18 heavy (non-hydrogen) atoms. The third-order valence-electron chi connectivity index (χ3n) is 4.38. The molecule has 0 spiro atoms. The SMILES string of the molecule is OCC1CCCn2c1cnc2CC1CCCCN1. The Kier molecular flexibility index (Phi) is 3.66. The molecule has 3 rings (SSSR count). The molecule has 2 N–H and O–H groups in total. The van der Waals surface area contributed by atoms with Crippen LogP contribution in [0.3, 0.4) is 0 Å². The van der Waals surface area contributed by atoms with Gasteiger partial charge in [0.2, 0.25) is 0 Å². The Labute approximate surface area is 108 Å². The highest BCUT2D eigenvalue weighted by atomic mass is 16.3. The van der Waals surface area contributed by atoms with Gasteiger partial charge in [-0.2, -0.15) is 0 Å². The molecule has 1 saturated heterocycles. The van der Waals surface area contributed by atoms with Gasteiger partial charge in [0.1, 0.15) is 5.82 Å². The maximum absolute atomic E-state index is 9.42. The molecule has 2 aliphatic rings. The van der Waals surface area contributed by atoms with Gasteiger partial charge in [-0.15, -0.1) is 0 Å². The second kappa shape index (κ2) is 5.41. The van der Waals surface area contributed by atoms with Crippen molar-refractivity contribution < 1.29 is 5.11 Å². The van der Waals surface area contributed by atoms with Gasteiger partial charge in [0, 0.05) is 36.8 Å². The summed E-state index contributed by atoms with van der Waals surface area (Å²) in [5.74, 6) is 1.52. The van der Waals surface area contributed by atoms with Crippen molar-refractivity contribution in [3.8, 4) is 0 Å². The van der Waals surface area contributed by atoms with Crippen LogP contribution in [0, 0.1) is 0 Å². The van der Waals surface area contributed by atoms with E-state index in [1.54, 1.807) is 0 Å². The van der Waals surface area contributed by atoms with E-state index in [2.05, 4.69) is 14.9 Å². The minimum Gasteiger partial charge on any atom is -0.396 e. The molecular weight excluding hydrogens is 226 g/mol. The molecule has 3 heterocycles. The lowest BCUT2D eigenvalue weighted by molar-refractivity contribution is 0.240. The van der Waals surface area contributed by atoms with E-state index in [1.165, 1.54) is 37.2 Å². The summed E-state index contributed by atoms with van der Waals surface area (Å²) < 4.78 is 2.35. The maximum Gasteiger partial charge on any atom is 0.110 e. The molecule has 2 atom stereocenters. The zero-order chi connectivity index (χ0) is 12.4. The van der Waals surface area contributed by atoms with Crippen molar-refractivity contribution >= 4 is 0 Å². The van der Waals surface area contributed by atoms with E-state index >= 15 is 0 Å². The number of hydrogen-bond acceptors (Lipinski definition) is 3. The molecule has 2 unspecified atom stereocenters. The van der Waals surface area contributed by atoms with Crippen LogP contribution in [0.25, 0.3) is 0 Å². The van der Waals surface area contributed by atoms with Crippen LogP contribution in [0.1, 0.15) is 49.5 Å². The number of rotatable bonds is 3. The molecule has 4 nitrogen and oxygen atoms in total. The van der Waals surface area contributed by atoms with Crippen LogP contribution in [-0.2, 0) is 13.0 Å². The van der Waals surface area contributed by atoms with E-state index in [1.807, 2.05) is 6.20 Å². The number of aliphatic hydroxyl groups excluding tert-OH is 1. The van der Waals surface area contributed by atoms with E-state index in [-0.39, 0.29) is 6.61 Å². The van der Waals surface area contributed by atoms with E-state index < -0.39 is 0 Å². The quantitative estimate of drug-likeness (QED) is 0.852. The zero-order valence-corrected chi connectivity index (χ0v) is 10.9. The fraction of sp³-hybridized carbons (Fsp3) is 0.786. The van der Waals surface area contributed by atoms with Gasteiger partial charge in [-0.05, 0) is 32.2 Å². The average Bonchev–Trinajstić information content (AvgIpc) is 2.83. The summed E-state index contributed by atoms with van der Waals surface area (Å²) in [6.07, 6.45) is 9.21. The third-order valence-corrected chi connectivity index (χ3v) is 4.38. The number of hydrogen-bond donors (Lipinski definition) is 2. The minimum atomic E-state index is 0.257. The number of nitrogens with zero attached hydrogens (tertiary/aromatic N) is 2. The summed E-state index contributed by atoms with van der Waals surface area (Å²) in [7, 11) is 0. The van der Waals surface area contributed by atoms with Crippen molar-refractivity contribution in [3.05, 3.63) is 17.7 Å². The first-order valence-electron chi connectivity index (χ1n) is 7.27. The summed E-state index contributed by atoms with van der Waals surface area (Å²) in [5, 5.41) is 13.0. The third kappa shape index (κ3) is 2.31. The molecule has 2 aliphatic heterocycles. The maximum atomic E-state index is 9.42. The second-order valence-corrected chi connectivity index (χ2v) is 5.62. The van der Waals surface area contributed by atoms with Crippen molar-refractivity contribution in [2.75, 3.05) is 13.2 Å². The highest BCUT2D eigenvalue weighted by Gasteiger charge is 2.24. The summed E-state index contributed by atoms with van der Waals surface area (Å²) >= 11 is 0. The Bertz CT molecular complexity index is 396. The lowest BCUT2D eigenvalue weighted by Crippen LogP contribution is -2.36. The molecular formula is C14H23N3O. The van der Waals surface area contributed by atoms with E-state index in [9.17, 15) is 5.11 Å². The van der Waals surface area contributed by atoms with Crippen LogP contribution in [0.2, 0.25) is 0 Å². The number of aliphatic hydroxyl groups is 1. The smallest absolute Gasteiger partial charge is 0.110 e. The van der Waals surface area contributed by atoms with E-state index in [0.29, 0.717) is 12.0 Å². The molecule has 0 aliphatic carbocycles. The van der Waals surface area contributed by atoms with Gasteiger partial charge >= 0.3 is 0 Å². The molecule has 0 aromatic carbocycles. The summed E-state index contributed by atoms with van der Waals surface area (Å²) in [4.78, 5) is 4.60. The predicted octanol–water partition coefficient (Wildman–Crippen LogP) is 1.44. The molecule has 1 fully saturated rings. The van der Waals surface area contributed by atoms with Gasteiger partial charge in [0.25, 0.3) is 0 Å². The minimum absolute atomic E-state index is 0.257. The van der Waals surface area contributed by atoms with Crippen LogP contribution >= 0.6 is 0 Å². The lowest BCUT2D eigenvalue weighted by atomic mass is 9.97. The highest BCUT2D eigenvalue weighted by Crippen LogP contribution is 2.28.